The number of aliphatic hydroxyl groups excluding tert-OH is 1. The number of hydrogen-bond acceptors (Lipinski definition) is 1. The molecule has 1 heteroatoms. The van der Waals surface area contributed by atoms with Gasteiger partial charge in [-0.25, -0.2) is 0 Å². The van der Waals surface area contributed by atoms with Crippen molar-refractivity contribution < 1.29 is 5.11 Å². The molecule has 0 aromatic heterocycles. The van der Waals surface area contributed by atoms with E-state index in [1.54, 1.807) is 0 Å². The molecule has 1 nitrogen and oxygen atoms in total. The molecule has 0 aliphatic rings. The van der Waals surface area contributed by atoms with Crippen molar-refractivity contribution in [3.8, 4) is 0 Å². The zero-order chi connectivity index (χ0) is 9.28. The van der Waals surface area contributed by atoms with E-state index in [9.17, 15) is 5.11 Å². The molecule has 0 bridgehead atoms. The van der Waals surface area contributed by atoms with Gasteiger partial charge in [0.05, 0.1) is 6.10 Å². The largest absolute Gasteiger partial charge is 0.393 e. The fraction of sp³-hybridized carbons (Fsp3) is 1.00. The maximum atomic E-state index is 9.22. The third-order valence-corrected chi connectivity index (χ3v) is 1.37. The van der Waals surface area contributed by atoms with Crippen molar-refractivity contribution in [2.24, 2.45) is 5.92 Å². The van der Waals surface area contributed by atoms with E-state index in [0.29, 0.717) is 5.92 Å². The highest BCUT2D eigenvalue weighted by Crippen LogP contribution is 2.08. The second-order valence-corrected chi connectivity index (χ2v) is 3.07. The lowest BCUT2D eigenvalue weighted by atomic mass is 10.0. The molecule has 0 saturated heterocycles. The molecule has 1 atom stereocenters. The Morgan fingerprint density at radius 2 is 1.64 bits per heavy atom. The van der Waals surface area contributed by atoms with Crippen LogP contribution in [0.15, 0.2) is 0 Å². The average Bonchev–Trinajstić information content (AvgIpc) is 1.91. The van der Waals surface area contributed by atoms with Crippen molar-refractivity contribution in [1.82, 2.24) is 0 Å². The molecule has 0 aliphatic heterocycles. The molecule has 0 radical (unpaired) electrons. The Balaban J connectivity index is 0. The van der Waals surface area contributed by atoms with Crippen LogP contribution < -0.4 is 0 Å². The van der Waals surface area contributed by atoms with E-state index in [0.717, 1.165) is 19.3 Å². The lowest BCUT2D eigenvalue weighted by molar-refractivity contribution is 0.138. The van der Waals surface area contributed by atoms with E-state index in [4.69, 9.17) is 0 Å². The number of hydrogen-bond donors (Lipinski definition) is 1. The first kappa shape index (κ1) is 13.5. The molecule has 0 aromatic carbocycles. The topological polar surface area (TPSA) is 20.2 Å². The van der Waals surface area contributed by atoms with Gasteiger partial charge in [0.15, 0.2) is 0 Å². The van der Waals surface area contributed by atoms with Gasteiger partial charge >= 0.3 is 0 Å². The summed E-state index contributed by atoms with van der Waals surface area (Å²) in [6, 6.07) is 0. The lowest BCUT2D eigenvalue weighted by Crippen LogP contribution is -2.08. The summed E-state index contributed by atoms with van der Waals surface area (Å²) in [6.45, 7) is 10.4. The van der Waals surface area contributed by atoms with Crippen LogP contribution in [0.2, 0.25) is 0 Å². The Bertz CT molecular complexity index is 59.9. The predicted molar refractivity (Wildman–Crippen MR) is 51.7 cm³/mol. The standard InChI is InChI=1S/C8H18O.C2H6/c1-4-5-8(9)6-7(2)3;1-2/h7-9H,4-6H2,1-3H3;1-2H3. The van der Waals surface area contributed by atoms with E-state index < -0.39 is 0 Å². The predicted octanol–water partition coefficient (Wildman–Crippen LogP) is 3.22. The maximum Gasteiger partial charge on any atom is 0.0542 e. The van der Waals surface area contributed by atoms with Crippen LogP contribution in [0.5, 0.6) is 0 Å². The highest BCUT2D eigenvalue weighted by Gasteiger charge is 2.03. The fourth-order valence-corrected chi connectivity index (χ4v) is 0.995. The van der Waals surface area contributed by atoms with Crippen LogP contribution >= 0.6 is 0 Å². The van der Waals surface area contributed by atoms with Crippen molar-refractivity contribution in [3.63, 3.8) is 0 Å². The van der Waals surface area contributed by atoms with E-state index in [2.05, 4.69) is 20.8 Å². The zero-order valence-corrected chi connectivity index (χ0v) is 8.72. The van der Waals surface area contributed by atoms with E-state index >= 15 is 0 Å². The van der Waals surface area contributed by atoms with Crippen molar-refractivity contribution in [2.45, 2.75) is 60.0 Å². The zero-order valence-electron chi connectivity index (χ0n) is 8.72. The van der Waals surface area contributed by atoms with Gasteiger partial charge in [-0.2, -0.15) is 0 Å². The molecule has 0 spiro atoms. The lowest BCUT2D eigenvalue weighted by Gasteiger charge is -2.10. The minimum absolute atomic E-state index is 0.0602. The summed E-state index contributed by atoms with van der Waals surface area (Å²) in [7, 11) is 0. The average molecular weight is 160 g/mol. The smallest absolute Gasteiger partial charge is 0.0542 e. The van der Waals surface area contributed by atoms with Crippen LogP contribution in [0, 0.1) is 5.92 Å². The van der Waals surface area contributed by atoms with E-state index in [1.165, 1.54) is 0 Å². The SMILES string of the molecule is CC.CCCC(O)CC(C)C. The summed E-state index contributed by atoms with van der Waals surface area (Å²) in [6.07, 6.45) is 2.94. The normalized spacial score (nSPS) is 12.3. The molecule has 0 aromatic rings. The van der Waals surface area contributed by atoms with Crippen molar-refractivity contribution in [3.05, 3.63) is 0 Å². The van der Waals surface area contributed by atoms with Gasteiger partial charge in [0.1, 0.15) is 0 Å². The molecule has 0 heterocycles. The second-order valence-electron chi connectivity index (χ2n) is 3.07. The van der Waals surface area contributed by atoms with Gasteiger partial charge in [0.2, 0.25) is 0 Å². The monoisotopic (exact) mass is 160 g/mol. The first-order valence-electron chi connectivity index (χ1n) is 4.84. The van der Waals surface area contributed by atoms with Gasteiger partial charge in [0.25, 0.3) is 0 Å². The van der Waals surface area contributed by atoms with Gasteiger partial charge in [-0.15, -0.1) is 0 Å². The maximum absolute atomic E-state index is 9.22. The van der Waals surface area contributed by atoms with Crippen LogP contribution in [0.3, 0.4) is 0 Å². The molecule has 1 unspecified atom stereocenters. The highest BCUT2D eigenvalue weighted by atomic mass is 16.3. The van der Waals surface area contributed by atoms with Gasteiger partial charge in [-0.3, -0.25) is 0 Å². The molecule has 0 saturated carbocycles. The van der Waals surface area contributed by atoms with Crippen molar-refractivity contribution in [2.75, 3.05) is 0 Å². The quantitative estimate of drug-likeness (QED) is 0.669. The number of rotatable bonds is 4. The van der Waals surface area contributed by atoms with Crippen molar-refractivity contribution in [1.29, 1.82) is 0 Å². The molecular weight excluding hydrogens is 136 g/mol. The second kappa shape index (κ2) is 9.96. The Hall–Kier alpha value is -0.0400. The summed E-state index contributed by atoms with van der Waals surface area (Å²) in [5, 5.41) is 9.22. The Labute approximate surface area is 71.8 Å². The van der Waals surface area contributed by atoms with Crippen LogP contribution in [-0.2, 0) is 0 Å². The van der Waals surface area contributed by atoms with Crippen LogP contribution in [-0.4, -0.2) is 11.2 Å². The Morgan fingerprint density at radius 3 is 1.91 bits per heavy atom. The van der Waals surface area contributed by atoms with Gasteiger partial charge in [-0.05, 0) is 18.8 Å². The number of aliphatic hydroxyl groups is 1. The summed E-state index contributed by atoms with van der Waals surface area (Å²) in [5.74, 6) is 0.631. The van der Waals surface area contributed by atoms with Crippen LogP contribution in [0.4, 0.5) is 0 Å². The first-order chi connectivity index (χ1) is 5.16. The van der Waals surface area contributed by atoms with E-state index in [1.807, 2.05) is 13.8 Å². The van der Waals surface area contributed by atoms with Gasteiger partial charge in [0, 0.05) is 0 Å². The minimum atomic E-state index is -0.0602. The molecule has 0 aliphatic carbocycles. The van der Waals surface area contributed by atoms with Crippen LogP contribution in [0.1, 0.15) is 53.9 Å². The van der Waals surface area contributed by atoms with Crippen LogP contribution in [0.25, 0.3) is 0 Å². The highest BCUT2D eigenvalue weighted by molar-refractivity contribution is 4.56. The Morgan fingerprint density at radius 1 is 1.18 bits per heavy atom. The third kappa shape index (κ3) is 13.0. The Kier molecular flexibility index (Phi) is 12.3. The summed E-state index contributed by atoms with van der Waals surface area (Å²) in [5.41, 5.74) is 0. The molecule has 11 heavy (non-hydrogen) atoms. The first-order valence-corrected chi connectivity index (χ1v) is 4.84. The molecular formula is C10H24O. The van der Waals surface area contributed by atoms with Crippen molar-refractivity contribution >= 4 is 0 Å². The van der Waals surface area contributed by atoms with E-state index in [-0.39, 0.29) is 6.10 Å². The third-order valence-electron chi connectivity index (χ3n) is 1.37. The molecule has 1 N–H and O–H groups in total. The molecule has 0 amide bonds. The molecule has 70 valence electrons. The molecule has 0 fully saturated rings. The molecule has 0 rings (SSSR count). The van der Waals surface area contributed by atoms with Gasteiger partial charge in [-0.1, -0.05) is 41.0 Å². The summed E-state index contributed by atoms with van der Waals surface area (Å²) < 4.78 is 0. The minimum Gasteiger partial charge on any atom is -0.393 e. The summed E-state index contributed by atoms with van der Waals surface area (Å²) in [4.78, 5) is 0. The summed E-state index contributed by atoms with van der Waals surface area (Å²) >= 11 is 0. The fourth-order valence-electron chi connectivity index (χ4n) is 0.995. The van der Waals surface area contributed by atoms with Gasteiger partial charge < -0.3 is 5.11 Å².